The molecule has 0 N–H and O–H groups in total. The summed E-state index contributed by atoms with van der Waals surface area (Å²) in [6, 6.07) is 14.0. The fourth-order valence-corrected chi connectivity index (χ4v) is 1.96. The molecule has 0 spiro atoms. The maximum absolute atomic E-state index is 11.8. The summed E-state index contributed by atoms with van der Waals surface area (Å²) in [5.41, 5.74) is 1.63. The van der Waals surface area contributed by atoms with Gasteiger partial charge < -0.3 is 4.74 Å². The third-order valence-corrected chi connectivity index (χ3v) is 3.20. The van der Waals surface area contributed by atoms with Crippen LogP contribution in [0.25, 0.3) is 11.8 Å². The predicted molar refractivity (Wildman–Crippen MR) is 85.3 cm³/mol. The molecular formula is C16H11ClN4O2. The van der Waals surface area contributed by atoms with Crippen LogP contribution in [0.4, 0.5) is 0 Å². The summed E-state index contributed by atoms with van der Waals surface area (Å²) in [4.78, 5) is 11.8. The van der Waals surface area contributed by atoms with E-state index >= 15 is 0 Å². The summed E-state index contributed by atoms with van der Waals surface area (Å²) in [6.45, 7) is 0. The Bertz CT molecular complexity index is 812. The first-order valence-corrected chi connectivity index (χ1v) is 7.07. The molecule has 0 amide bonds. The first-order chi connectivity index (χ1) is 11.2. The van der Waals surface area contributed by atoms with E-state index in [9.17, 15) is 4.79 Å². The van der Waals surface area contributed by atoms with Crippen molar-refractivity contribution in [2.24, 2.45) is 0 Å². The van der Waals surface area contributed by atoms with Crippen LogP contribution in [-0.4, -0.2) is 26.2 Å². The number of ether oxygens (including phenoxy) is 1. The molecule has 23 heavy (non-hydrogen) atoms. The Hall–Kier alpha value is -2.99. The van der Waals surface area contributed by atoms with Crippen LogP contribution in [0.15, 0.2) is 60.9 Å². The van der Waals surface area contributed by atoms with Gasteiger partial charge >= 0.3 is 5.97 Å². The fourth-order valence-electron chi connectivity index (χ4n) is 1.83. The van der Waals surface area contributed by atoms with E-state index in [2.05, 4.69) is 15.5 Å². The van der Waals surface area contributed by atoms with E-state index in [-0.39, 0.29) is 0 Å². The van der Waals surface area contributed by atoms with Crippen LogP contribution in [0.3, 0.4) is 0 Å². The molecular weight excluding hydrogens is 316 g/mol. The molecule has 0 saturated carbocycles. The standard InChI is InChI=1S/C16H11ClN4O2/c17-13-4-1-12(2-5-13)3-10-16(22)23-15-8-6-14(7-9-15)21-11-18-19-20-21/h1-11H/b10-3+. The Morgan fingerprint density at radius 1 is 1.09 bits per heavy atom. The van der Waals surface area contributed by atoms with Gasteiger partial charge in [0.2, 0.25) is 0 Å². The van der Waals surface area contributed by atoms with Crippen molar-refractivity contribution in [1.29, 1.82) is 0 Å². The number of aromatic nitrogens is 4. The number of tetrazole rings is 1. The van der Waals surface area contributed by atoms with Gasteiger partial charge in [0.05, 0.1) is 5.69 Å². The Morgan fingerprint density at radius 2 is 1.83 bits per heavy atom. The molecule has 3 rings (SSSR count). The molecule has 6 nitrogen and oxygen atoms in total. The summed E-state index contributed by atoms with van der Waals surface area (Å²) in [7, 11) is 0. The second-order valence-electron chi connectivity index (χ2n) is 4.55. The highest BCUT2D eigenvalue weighted by Crippen LogP contribution is 2.15. The number of rotatable bonds is 4. The van der Waals surface area contributed by atoms with Crippen LogP contribution >= 0.6 is 11.6 Å². The van der Waals surface area contributed by atoms with Crippen molar-refractivity contribution in [3.8, 4) is 11.4 Å². The summed E-state index contributed by atoms with van der Waals surface area (Å²) in [5.74, 6) is -0.0253. The van der Waals surface area contributed by atoms with E-state index in [1.54, 1.807) is 42.5 Å². The highest BCUT2D eigenvalue weighted by atomic mass is 35.5. The van der Waals surface area contributed by atoms with E-state index in [0.717, 1.165) is 11.3 Å². The second-order valence-corrected chi connectivity index (χ2v) is 4.99. The SMILES string of the molecule is O=C(/C=C/c1ccc(Cl)cc1)Oc1ccc(-n2cnnn2)cc1. The zero-order valence-corrected chi connectivity index (χ0v) is 12.6. The summed E-state index contributed by atoms with van der Waals surface area (Å²) in [6.07, 6.45) is 4.50. The molecule has 0 fully saturated rings. The molecule has 2 aromatic carbocycles. The van der Waals surface area contributed by atoms with Gasteiger partial charge in [-0.15, -0.1) is 5.10 Å². The highest BCUT2D eigenvalue weighted by Gasteiger charge is 2.02. The minimum Gasteiger partial charge on any atom is -0.423 e. The zero-order valence-electron chi connectivity index (χ0n) is 11.8. The van der Waals surface area contributed by atoms with Crippen molar-refractivity contribution in [2.45, 2.75) is 0 Å². The first-order valence-electron chi connectivity index (χ1n) is 6.69. The van der Waals surface area contributed by atoms with Crippen molar-refractivity contribution in [3.63, 3.8) is 0 Å². The van der Waals surface area contributed by atoms with Crippen LogP contribution in [-0.2, 0) is 4.79 Å². The van der Waals surface area contributed by atoms with E-state index in [4.69, 9.17) is 16.3 Å². The van der Waals surface area contributed by atoms with Crippen LogP contribution in [0.5, 0.6) is 5.75 Å². The number of halogens is 1. The van der Waals surface area contributed by atoms with E-state index in [0.29, 0.717) is 10.8 Å². The monoisotopic (exact) mass is 326 g/mol. The van der Waals surface area contributed by atoms with Crippen molar-refractivity contribution in [1.82, 2.24) is 20.2 Å². The average Bonchev–Trinajstić information content (AvgIpc) is 3.09. The highest BCUT2D eigenvalue weighted by molar-refractivity contribution is 6.30. The largest absolute Gasteiger partial charge is 0.423 e. The van der Waals surface area contributed by atoms with Crippen molar-refractivity contribution in [2.75, 3.05) is 0 Å². The Morgan fingerprint density at radius 3 is 2.48 bits per heavy atom. The number of esters is 1. The zero-order chi connectivity index (χ0) is 16.1. The average molecular weight is 327 g/mol. The van der Waals surface area contributed by atoms with Gasteiger partial charge in [-0.25, -0.2) is 9.48 Å². The van der Waals surface area contributed by atoms with Crippen LogP contribution < -0.4 is 4.74 Å². The first kappa shape index (κ1) is 14.9. The molecule has 1 heterocycles. The summed E-state index contributed by atoms with van der Waals surface area (Å²) in [5, 5.41) is 11.5. The minimum atomic E-state index is -0.463. The van der Waals surface area contributed by atoms with Gasteiger partial charge in [-0.3, -0.25) is 0 Å². The number of hydrogen-bond donors (Lipinski definition) is 0. The normalized spacial score (nSPS) is 10.8. The molecule has 0 aliphatic rings. The molecule has 0 saturated heterocycles. The molecule has 7 heteroatoms. The maximum atomic E-state index is 11.8. The lowest BCUT2D eigenvalue weighted by molar-refractivity contribution is -0.128. The fraction of sp³-hybridized carbons (Fsp3) is 0. The molecule has 0 unspecified atom stereocenters. The van der Waals surface area contributed by atoms with Gasteiger partial charge in [0.15, 0.2) is 0 Å². The van der Waals surface area contributed by atoms with Gasteiger partial charge in [0.1, 0.15) is 12.1 Å². The van der Waals surface area contributed by atoms with Crippen molar-refractivity contribution < 1.29 is 9.53 Å². The Balaban J connectivity index is 1.62. The third kappa shape index (κ3) is 4.02. The lowest BCUT2D eigenvalue weighted by atomic mass is 10.2. The van der Waals surface area contributed by atoms with E-state index in [1.807, 2.05) is 12.1 Å². The van der Waals surface area contributed by atoms with E-state index in [1.165, 1.54) is 17.1 Å². The molecule has 0 atom stereocenters. The molecule has 3 aromatic rings. The van der Waals surface area contributed by atoms with Crippen LogP contribution in [0.1, 0.15) is 5.56 Å². The maximum Gasteiger partial charge on any atom is 0.336 e. The van der Waals surface area contributed by atoms with Crippen LogP contribution in [0.2, 0.25) is 5.02 Å². The second kappa shape index (κ2) is 6.85. The lowest BCUT2D eigenvalue weighted by Gasteiger charge is -2.03. The van der Waals surface area contributed by atoms with Crippen molar-refractivity contribution in [3.05, 3.63) is 71.5 Å². The quantitative estimate of drug-likeness (QED) is 0.419. The lowest BCUT2D eigenvalue weighted by Crippen LogP contribution is -2.04. The number of hydrogen-bond acceptors (Lipinski definition) is 5. The van der Waals surface area contributed by atoms with Gasteiger partial charge in [-0.2, -0.15) is 0 Å². The number of carbonyl (C=O) groups excluding carboxylic acids is 1. The molecule has 0 bridgehead atoms. The Kier molecular flexibility index (Phi) is 4.44. The summed E-state index contributed by atoms with van der Waals surface area (Å²) < 4.78 is 6.73. The topological polar surface area (TPSA) is 69.9 Å². The van der Waals surface area contributed by atoms with Crippen molar-refractivity contribution >= 4 is 23.6 Å². The molecule has 0 aliphatic heterocycles. The number of benzene rings is 2. The van der Waals surface area contributed by atoms with Gasteiger partial charge in [-0.05, 0) is 58.5 Å². The van der Waals surface area contributed by atoms with Crippen LogP contribution in [0, 0.1) is 0 Å². The smallest absolute Gasteiger partial charge is 0.336 e. The van der Waals surface area contributed by atoms with E-state index < -0.39 is 5.97 Å². The van der Waals surface area contributed by atoms with Gasteiger partial charge in [0.25, 0.3) is 0 Å². The predicted octanol–water partition coefficient (Wildman–Crippen LogP) is 2.93. The molecule has 0 radical (unpaired) electrons. The number of carbonyl (C=O) groups is 1. The third-order valence-electron chi connectivity index (χ3n) is 2.95. The molecule has 114 valence electrons. The molecule has 0 aliphatic carbocycles. The molecule has 1 aromatic heterocycles. The Labute approximate surface area is 137 Å². The minimum absolute atomic E-state index is 0.438. The number of nitrogens with zero attached hydrogens (tertiary/aromatic N) is 4. The van der Waals surface area contributed by atoms with Gasteiger partial charge in [-0.1, -0.05) is 23.7 Å². The summed E-state index contributed by atoms with van der Waals surface area (Å²) >= 11 is 5.80. The van der Waals surface area contributed by atoms with Gasteiger partial charge in [0, 0.05) is 11.1 Å².